The van der Waals surface area contributed by atoms with Crippen molar-refractivity contribution in [3.8, 4) is 0 Å². The van der Waals surface area contributed by atoms with Crippen LogP contribution in [0.2, 0.25) is 0 Å². The number of piperazine rings is 1. The lowest BCUT2D eigenvalue weighted by atomic mass is 10.0. The summed E-state index contributed by atoms with van der Waals surface area (Å²) in [4.78, 5) is 13.9. The molecule has 4 heteroatoms. The number of hydrogen-bond donors (Lipinski definition) is 1. The Kier molecular flexibility index (Phi) is 4.19. The lowest BCUT2D eigenvalue weighted by Gasteiger charge is -2.40. The Morgan fingerprint density at radius 2 is 2.12 bits per heavy atom. The van der Waals surface area contributed by atoms with E-state index in [1.54, 1.807) is 0 Å². The van der Waals surface area contributed by atoms with Crippen LogP contribution in [0.1, 0.15) is 41.0 Å². The largest absolute Gasteiger partial charge is 0.444 e. The minimum atomic E-state index is -0.413. The van der Waals surface area contributed by atoms with Gasteiger partial charge in [0.2, 0.25) is 0 Å². The molecule has 1 aliphatic heterocycles. The molecular weight excluding hydrogens is 204 g/mol. The summed E-state index contributed by atoms with van der Waals surface area (Å²) in [5.74, 6) is 0. The summed E-state index contributed by atoms with van der Waals surface area (Å²) in [5, 5.41) is 3.38. The normalized spacial score (nSPS) is 26.7. The Bertz CT molecular complexity index is 248. The number of carbonyl (C=O) groups is 1. The second kappa shape index (κ2) is 5.04. The molecule has 0 radical (unpaired) electrons. The molecular formula is C12H24N2O2. The third-order valence-corrected chi connectivity index (χ3v) is 2.84. The highest BCUT2D eigenvalue weighted by Crippen LogP contribution is 2.17. The zero-order chi connectivity index (χ0) is 12.3. The van der Waals surface area contributed by atoms with E-state index in [2.05, 4.69) is 19.2 Å². The van der Waals surface area contributed by atoms with Crippen LogP contribution in [0.25, 0.3) is 0 Å². The average Bonchev–Trinajstić information content (AvgIpc) is 2.14. The van der Waals surface area contributed by atoms with Crippen LogP contribution in [0.4, 0.5) is 4.79 Å². The summed E-state index contributed by atoms with van der Waals surface area (Å²) < 4.78 is 5.42. The highest BCUT2D eigenvalue weighted by molar-refractivity contribution is 5.68. The number of hydrogen-bond acceptors (Lipinski definition) is 3. The molecule has 1 amide bonds. The molecule has 0 bridgehead atoms. The van der Waals surface area contributed by atoms with E-state index in [0.717, 1.165) is 19.5 Å². The summed E-state index contributed by atoms with van der Waals surface area (Å²) >= 11 is 0. The van der Waals surface area contributed by atoms with Gasteiger partial charge in [-0.1, -0.05) is 6.92 Å². The number of nitrogens with one attached hydrogen (secondary N) is 1. The van der Waals surface area contributed by atoms with Gasteiger partial charge in [0.05, 0.1) is 0 Å². The van der Waals surface area contributed by atoms with E-state index in [-0.39, 0.29) is 12.1 Å². The number of amides is 1. The van der Waals surface area contributed by atoms with Gasteiger partial charge in [0.15, 0.2) is 0 Å². The molecule has 0 aromatic rings. The first-order valence-electron chi connectivity index (χ1n) is 6.08. The zero-order valence-electron chi connectivity index (χ0n) is 11.0. The molecule has 1 rings (SSSR count). The van der Waals surface area contributed by atoms with Gasteiger partial charge in [-0.15, -0.1) is 0 Å². The maximum atomic E-state index is 12.0. The number of ether oxygens (including phenoxy) is 1. The Labute approximate surface area is 98.3 Å². The third kappa shape index (κ3) is 3.37. The van der Waals surface area contributed by atoms with Gasteiger partial charge in [-0.3, -0.25) is 0 Å². The standard InChI is InChI=1S/C12H24N2O2/c1-6-10-9(2)13-7-8-14(10)11(15)16-12(3,4)5/h9-10,13H,6-8H2,1-5H3/t9-,10+/m1/s1. The lowest BCUT2D eigenvalue weighted by Crippen LogP contribution is -2.58. The summed E-state index contributed by atoms with van der Waals surface area (Å²) in [6, 6.07) is 0.579. The molecule has 0 spiro atoms. The molecule has 1 saturated heterocycles. The molecule has 1 aliphatic rings. The van der Waals surface area contributed by atoms with Crippen molar-refractivity contribution in [1.29, 1.82) is 0 Å². The van der Waals surface area contributed by atoms with Gasteiger partial charge in [0, 0.05) is 25.2 Å². The fourth-order valence-electron chi connectivity index (χ4n) is 2.11. The molecule has 0 aromatic carbocycles. The van der Waals surface area contributed by atoms with Crippen molar-refractivity contribution < 1.29 is 9.53 Å². The summed E-state index contributed by atoms with van der Waals surface area (Å²) in [7, 11) is 0. The van der Waals surface area contributed by atoms with Gasteiger partial charge in [-0.2, -0.15) is 0 Å². The average molecular weight is 228 g/mol. The predicted octanol–water partition coefficient (Wildman–Crippen LogP) is 1.99. The molecule has 0 saturated carbocycles. The number of rotatable bonds is 1. The Balaban J connectivity index is 2.66. The van der Waals surface area contributed by atoms with Crippen molar-refractivity contribution in [2.45, 2.75) is 58.7 Å². The molecule has 0 aliphatic carbocycles. The van der Waals surface area contributed by atoms with Crippen LogP contribution in [-0.2, 0) is 4.74 Å². The van der Waals surface area contributed by atoms with Gasteiger partial charge >= 0.3 is 6.09 Å². The maximum Gasteiger partial charge on any atom is 0.410 e. The lowest BCUT2D eigenvalue weighted by molar-refractivity contribution is 0.00627. The molecule has 2 atom stereocenters. The predicted molar refractivity (Wildman–Crippen MR) is 64.5 cm³/mol. The molecule has 0 aromatic heterocycles. The first kappa shape index (κ1) is 13.3. The van der Waals surface area contributed by atoms with E-state index in [0.29, 0.717) is 6.04 Å². The fourth-order valence-corrected chi connectivity index (χ4v) is 2.11. The second-order valence-corrected chi connectivity index (χ2v) is 5.39. The van der Waals surface area contributed by atoms with Crippen LogP contribution < -0.4 is 5.32 Å². The van der Waals surface area contributed by atoms with Crippen molar-refractivity contribution in [3.63, 3.8) is 0 Å². The minimum absolute atomic E-state index is 0.187. The van der Waals surface area contributed by atoms with E-state index < -0.39 is 5.60 Å². The van der Waals surface area contributed by atoms with Gasteiger partial charge in [-0.25, -0.2) is 4.79 Å². The van der Waals surface area contributed by atoms with Gasteiger partial charge in [0.25, 0.3) is 0 Å². The fraction of sp³-hybridized carbons (Fsp3) is 0.917. The van der Waals surface area contributed by atoms with Crippen molar-refractivity contribution in [2.75, 3.05) is 13.1 Å². The Hall–Kier alpha value is -0.770. The smallest absolute Gasteiger partial charge is 0.410 e. The van der Waals surface area contributed by atoms with Crippen LogP contribution in [-0.4, -0.2) is 41.8 Å². The summed E-state index contributed by atoms with van der Waals surface area (Å²) in [6.07, 6.45) is 0.764. The number of carbonyl (C=O) groups excluding carboxylic acids is 1. The van der Waals surface area contributed by atoms with Crippen LogP contribution in [0.5, 0.6) is 0 Å². The number of nitrogens with zero attached hydrogens (tertiary/aromatic N) is 1. The first-order valence-corrected chi connectivity index (χ1v) is 6.08. The van der Waals surface area contributed by atoms with Gasteiger partial charge in [-0.05, 0) is 34.1 Å². The van der Waals surface area contributed by atoms with Gasteiger partial charge < -0.3 is 15.0 Å². The molecule has 4 nitrogen and oxygen atoms in total. The van der Waals surface area contributed by atoms with Crippen molar-refractivity contribution in [1.82, 2.24) is 10.2 Å². The van der Waals surface area contributed by atoms with Crippen molar-refractivity contribution >= 4 is 6.09 Å². The summed E-state index contributed by atoms with van der Waals surface area (Å²) in [5.41, 5.74) is -0.413. The quantitative estimate of drug-likeness (QED) is 0.746. The molecule has 94 valence electrons. The Morgan fingerprint density at radius 3 is 2.62 bits per heavy atom. The first-order chi connectivity index (χ1) is 7.35. The summed E-state index contributed by atoms with van der Waals surface area (Å²) in [6.45, 7) is 11.5. The Morgan fingerprint density at radius 1 is 1.50 bits per heavy atom. The molecule has 1 fully saturated rings. The van der Waals surface area contributed by atoms with Crippen molar-refractivity contribution in [3.05, 3.63) is 0 Å². The zero-order valence-corrected chi connectivity index (χ0v) is 11.0. The van der Waals surface area contributed by atoms with E-state index >= 15 is 0 Å². The second-order valence-electron chi connectivity index (χ2n) is 5.39. The topological polar surface area (TPSA) is 41.6 Å². The van der Waals surface area contributed by atoms with E-state index in [9.17, 15) is 4.79 Å². The van der Waals surface area contributed by atoms with Crippen LogP contribution >= 0.6 is 0 Å². The SMILES string of the molecule is CC[C@H]1[C@@H](C)NCCN1C(=O)OC(C)(C)C. The van der Waals surface area contributed by atoms with Gasteiger partial charge in [0.1, 0.15) is 5.60 Å². The van der Waals surface area contributed by atoms with Crippen LogP contribution in [0, 0.1) is 0 Å². The highest BCUT2D eigenvalue weighted by Gasteiger charge is 2.32. The molecule has 16 heavy (non-hydrogen) atoms. The molecule has 1 N–H and O–H groups in total. The van der Waals surface area contributed by atoms with Crippen LogP contribution in [0.3, 0.4) is 0 Å². The van der Waals surface area contributed by atoms with E-state index in [1.165, 1.54) is 0 Å². The maximum absolute atomic E-state index is 12.0. The van der Waals surface area contributed by atoms with E-state index in [1.807, 2.05) is 25.7 Å². The van der Waals surface area contributed by atoms with Crippen LogP contribution in [0.15, 0.2) is 0 Å². The molecule has 1 heterocycles. The van der Waals surface area contributed by atoms with E-state index in [4.69, 9.17) is 4.74 Å². The minimum Gasteiger partial charge on any atom is -0.444 e. The molecule has 0 unspecified atom stereocenters. The van der Waals surface area contributed by atoms with Crippen molar-refractivity contribution in [2.24, 2.45) is 0 Å². The third-order valence-electron chi connectivity index (χ3n) is 2.84. The monoisotopic (exact) mass is 228 g/mol. The highest BCUT2D eigenvalue weighted by atomic mass is 16.6.